The summed E-state index contributed by atoms with van der Waals surface area (Å²) in [6, 6.07) is 21.3. The molecule has 6 heterocycles. The molecule has 1 unspecified atom stereocenters. The number of aliphatic hydroxyl groups is 4. The van der Waals surface area contributed by atoms with E-state index in [1.54, 1.807) is 34.7 Å². The summed E-state index contributed by atoms with van der Waals surface area (Å²) in [5, 5.41) is 53.7. The molecule has 2 saturated heterocycles. The fourth-order valence-electron chi connectivity index (χ4n) is 9.90. The number of rotatable bonds is 15. The number of fused-ring (bicyclic) bond motifs is 1. The highest BCUT2D eigenvalue weighted by atomic mass is 32.1. The number of nitrogens with one attached hydrogen (secondary N) is 2. The Balaban J connectivity index is 0.852. The molecule has 2 fully saturated rings. The normalized spacial score (nSPS) is 22.1. The highest BCUT2D eigenvalue weighted by Crippen LogP contribution is 2.38. The van der Waals surface area contributed by atoms with Crippen molar-refractivity contribution in [3.63, 3.8) is 0 Å². The molecule has 0 bridgehead atoms. The Hall–Kier alpha value is -6.19. The second-order valence-electron chi connectivity index (χ2n) is 18.7. The van der Waals surface area contributed by atoms with Gasteiger partial charge in [0.15, 0.2) is 0 Å². The Labute approximate surface area is 412 Å². The topological polar surface area (TPSA) is 235 Å². The largest absolute Gasteiger partial charge is 0.391 e. The van der Waals surface area contributed by atoms with Gasteiger partial charge in [0.05, 0.1) is 62.7 Å². The van der Waals surface area contributed by atoms with E-state index < -0.39 is 66.3 Å². The van der Waals surface area contributed by atoms with Gasteiger partial charge in [0.2, 0.25) is 23.6 Å². The van der Waals surface area contributed by atoms with Gasteiger partial charge in [-0.05, 0) is 53.1 Å². The number of amides is 4. The SMILES string of the molecule is Cc1cc([C@@H](Cc2ncsc2-c2ccc(CNC(=O)[C@@H]3[C@@H](O)[C@@H](O)CN3C(=O)[C@H](C(C)C)N3Cc4ccccc4C3O)cc2)C(=O)N2C[C@H](O)C[C@H]2C(=O)NCc2ccc(-c3scnc3C)cc2)on1. The third-order valence-corrected chi connectivity index (χ3v) is 15.4. The van der Waals surface area contributed by atoms with Gasteiger partial charge in [-0.1, -0.05) is 91.8 Å². The number of likely N-dealkylation sites (tertiary alicyclic amines) is 2. The lowest BCUT2D eigenvalue weighted by molar-refractivity contribution is -0.150. The number of aromatic nitrogens is 3. The molecule has 3 aliphatic rings. The molecule has 0 radical (unpaired) electrons. The van der Waals surface area contributed by atoms with Crippen LogP contribution in [0.3, 0.4) is 0 Å². The Morgan fingerprint density at radius 3 is 2.06 bits per heavy atom. The molecule has 4 amide bonds. The summed E-state index contributed by atoms with van der Waals surface area (Å²) in [7, 11) is 0. The molecule has 3 aliphatic heterocycles. The van der Waals surface area contributed by atoms with Crippen LogP contribution in [-0.2, 0) is 45.2 Å². The predicted octanol–water partition coefficient (Wildman–Crippen LogP) is 4.22. The van der Waals surface area contributed by atoms with Crippen molar-refractivity contribution in [3.8, 4) is 20.9 Å². The van der Waals surface area contributed by atoms with E-state index in [9.17, 15) is 39.6 Å². The third kappa shape index (κ3) is 9.92. The number of aryl methyl sites for hydroxylation is 2. The summed E-state index contributed by atoms with van der Waals surface area (Å²) in [5.41, 5.74) is 10.7. The van der Waals surface area contributed by atoms with E-state index >= 15 is 0 Å². The number of carbonyl (C=O) groups is 4. The van der Waals surface area contributed by atoms with Crippen molar-refractivity contribution >= 4 is 46.3 Å². The van der Waals surface area contributed by atoms with Crippen molar-refractivity contribution in [2.24, 2.45) is 5.92 Å². The van der Waals surface area contributed by atoms with Crippen molar-refractivity contribution in [2.45, 2.75) is 109 Å². The first-order valence-electron chi connectivity index (χ1n) is 23.3. The number of thiazole rings is 2. The fourth-order valence-corrected chi connectivity index (χ4v) is 11.5. The van der Waals surface area contributed by atoms with Crippen LogP contribution in [0.25, 0.3) is 20.9 Å². The van der Waals surface area contributed by atoms with E-state index in [-0.39, 0.29) is 50.8 Å². The monoisotopic (exact) mass is 988 g/mol. The van der Waals surface area contributed by atoms with Crippen LogP contribution in [0.2, 0.25) is 0 Å². The standard InChI is InChI=1S/C51H56N8O9S2/c1-27(2)42(58-22-34-7-5-6-8-36(34)49(58)65)51(67)59-24-40(61)44(62)43(59)48(64)53-21-31-11-15-33(16-12-31)46-38(55-26-70-46)19-37(41-17-28(3)56-68-41)50(66)57-23-35(60)18-39(57)47(63)52-20-30-9-13-32(14-10-30)45-29(4)54-25-69-45/h5-17,25-27,35,37,39-40,42-44,49,60-62,65H,18-24H2,1-4H3,(H,52,63)(H,53,64)/t35-,37-,39+,40+,42+,43+,44+,49?/m1/s1. The summed E-state index contributed by atoms with van der Waals surface area (Å²) in [6.45, 7) is 7.78. The maximum Gasteiger partial charge on any atom is 0.245 e. The van der Waals surface area contributed by atoms with Gasteiger partial charge in [0, 0.05) is 45.1 Å². The summed E-state index contributed by atoms with van der Waals surface area (Å²) in [6.07, 6.45) is -4.60. The quantitative estimate of drug-likeness (QED) is 0.0847. The molecule has 8 atom stereocenters. The van der Waals surface area contributed by atoms with Crippen LogP contribution in [0.5, 0.6) is 0 Å². The van der Waals surface area contributed by atoms with Crippen LogP contribution in [0.15, 0.2) is 94.4 Å². The first-order chi connectivity index (χ1) is 33.7. The summed E-state index contributed by atoms with van der Waals surface area (Å²) >= 11 is 2.95. The van der Waals surface area contributed by atoms with Crippen molar-refractivity contribution < 1.29 is 44.1 Å². The molecule has 3 aromatic carbocycles. The maximum absolute atomic E-state index is 14.6. The number of hydrogen-bond donors (Lipinski definition) is 6. The first kappa shape index (κ1) is 48.8. The van der Waals surface area contributed by atoms with E-state index in [1.807, 2.05) is 99.1 Å². The van der Waals surface area contributed by atoms with E-state index in [1.165, 1.54) is 21.1 Å². The van der Waals surface area contributed by atoms with Crippen LogP contribution in [0, 0.1) is 19.8 Å². The molecule has 0 saturated carbocycles. The lowest BCUT2D eigenvalue weighted by atomic mass is 9.95. The minimum Gasteiger partial charge on any atom is -0.391 e. The van der Waals surface area contributed by atoms with Gasteiger partial charge in [-0.15, -0.1) is 22.7 Å². The first-order valence-corrected chi connectivity index (χ1v) is 25.1. The van der Waals surface area contributed by atoms with Crippen molar-refractivity contribution in [1.82, 2.24) is 40.5 Å². The van der Waals surface area contributed by atoms with E-state index in [4.69, 9.17) is 4.52 Å². The fraction of sp³-hybridized carbons (Fsp3) is 0.392. The lowest BCUT2D eigenvalue weighted by Crippen LogP contribution is -2.56. The highest BCUT2D eigenvalue weighted by Gasteiger charge is 2.50. The number of nitrogens with zero attached hydrogens (tertiary/aromatic N) is 6. The average molecular weight is 989 g/mol. The zero-order chi connectivity index (χ0) is 49.4. The van der Waals surface area contributed by atoms with Crippen LogP contribution < -0.4 is 10.6 Å². The Morgan fingerprint density at radius 1 is 0.786 bits per heavy atom. The summed E-state index contributed by atoms with van der Waals surface area (Å²) < 4.78 is 5.68. The summed E-state index contributed by atoms with van der Waals surface area (Å²) in [4.78, 5) is 71.6. The molecule has 19 heteroatoms. The minimum absolute atomic E-state index is 0.0313. The molecule has 70 heavy (non-hydrogen) atoms. The van der Waals surface area contributed by atoms with Crippen molar-refractivity contribution in [2.75, 3.05) is 13.1 Å². The Bertz CT molecular complexity index is 2850. The zero-order valence-electron chi connectivity index (χ0n) is 39.1. The van der Waals surface area contributed by atoms with E-state index in [2.05, 4.69) is 25.8 Å². The van der Waals surface area contributed by atoms with Gasteiger partial charge in [-0.25, -0.2) is 9.97 Å². The molecule has 17 nitrogen and oxygen atoms in total. The molecule has 0 spiro atoms. The molecular weight excluding hydrogens is 933 g/mol. The van der Waals surface area contributed by atoms with Gasteiger partial charge in [0.1, 0.15) is 36.1 Å². The lowest BCUT2D eigenvalue weighted by Gasteiger charge is -2.36. The second-order valence-corrected chi connectivity index (χ2v) is 20.4. The van der Waals surface area contributed by atoms with Crippen LogP contribution in [-0.4, -0.2) is 123 Å². The number of aliphatic hydroxyl groups excluding tert-OH is 4. The van der Waals surface area contributed by atoms with Gasteiger partial charge in [-0.2, -0.15) is 0 Å². The molecule has 0 aliphatic carbocycles. The predicted molar refractivity (Wildman–Crippen MR) is 260 cm³/mol. The molecule has 6 N–H and O–H groups in total. The Kier molecular flexibility index (Phi) is 14.4. The smallest absolute Gasteiger partial charge is 0.245 e. The number of benzene rings is 3. The van der Waals surface area contributed by atoms with Gasteiger partial charge >= 0.3 is 0 Å². The zero-order valence-corrected chi connectivity index (χ0v) is 40.8. The van der Waals surface area contributed by atoms with Crippen molar-refractivity contribution in [3.05, 3.63) is 135 Å². The number of β-amino-alcohol motifs (C(OH)–C–C–N with tert-alkyl or cyclic N) is 2. The van der Waals surface area contributed by atoms with Crippen LogP contribution in [0.4, 0.5) is 0 Å². The number of hydrogen-bond acceptors (Lipinski definition) is 15. The third-order valence-electron chi connectivity index (χ3n) is 13.5. The van der Waals surface area contributed by atoms with Gasteiger partial charge < -0.3 is 45.4 Å². The summed E-state index contributed by atoms with van der Waals surface area (Å²) in [5.74, 6) is -2.75. The number of carbonyl (C=O) groups excluding carboxylic acids is 4. The Morgan fingerprint density at radius 2 is 1.43 bits per heavy atom. The minimum atomic E-state index is -1.52. The van der Waals surface area contributed by atoms with Gasteiger partial charge in [-0.3, -0.25) is 24.1 Å². The molecule has 3 aromatic heterocycles. The van der Waals surface area contributed by atoms with Gasteiger partial charge in [0.25, 0.3) is 0 Å². The van der Waals surface area contributed by atoms with Crippen molar-refractivity contribution in [1.29, 1.82) is 0 Å². The highest BCUT2D eigenvalue weighted by molar-refractivity contribution is 7.13. The molecule has 9 rings (SSSR count). The molecule has 6 aromatic rings. The van der Waals surface area contributed by atoms with E-state index in [0.29, 0.717) is 29.3 Å². The second kappa shape index (κ2) is 20.6. The van der Waals surface area contributed by atoms with Crippen LogP contribution in [0.1, 0.15) is 77.5 Å². The molecular formula is C51H56N8O9S2. The molecule has 366 valence electrons. The maximum atomic E-state index is 14.6. The van der Waals surface area contributed by atoms with Crippen LogP contribution >= 0.6 is 22.7 Å². The average Bonchev–Trinajstić information content (AvgIpc) is 4.24. The van der Waals surface area contributed by atoms with E-state index in [0.717, 1.165) is 43.3 Å².